The highest BCUT2D eigenvalue weighted by Crippen LogP contribution is 2.11. The van der Waals surface area contributed by atoms with Gasteiger partial charge in [0.2, 0.25) is 6.39 Å². The number of nitrogens with one attached hydrogen (secondary N) is 1. The Bertz CT molecular complexity index is 675. The van der Waals surface area contributed by atoms with Crippen molar-refractivity contribution in [3.8, 4) is 11.8 Å². The average molecular weight is 289 g/mol. The number of hydrogen-bond donors (Lipinski definition) is 2. The molecular formula is C14H12FN3O3. The van der Waals surface area contributed by atoms with Crippen molar-refractivity contribution in [2.75, 3.05) is 6.61 Å². The molecule has 0 atom stereocenters. The van der Waals surface area contributed by atoms with Gasteiger partial charge in [-0.3, -0.25) is 4.79 Å². The van der Waals surface area contributed by atoms with E-state index in [1.165, 1.54) is 12.1 Å². The van der Waals surface area contributed by atoms with Gasteiger partial charge in [0, 0.05) is 12.0 Å². The number of halogens is 1. The lowest BCUT2D eigenvalue weighted by molar-refractivity contribution is 0.0949. The quantitative estimate of drug-likeness (QED) is 0.815. The molecule has 0 fully saturated rings. The van der Waals surface area contributed by atoms with E-state index in [2.05, 4.69) is 31.8 Å². The lowest BCUT2D eigenvalue weighted by atomic mass is 10.1. The Morgan fingerprint density at radius 3 is 3.05 bits per heavy atom. The van der Waals surface area contributed by atoms with Gasteiger partial charge in [-0.1, -0.05) is 17.0 Å². The number of hydrogen-bond acceptors (Lipinski definition) is 5. The molecular weight excluding hydrogens is 277 g/mol. The number of benzene rings is 1. The van der Waals surface area contributed by atoms with Crippen molar-refractivity contribution >= 4 is 5.91 Å². The van der Waals surface area contributed by atoms with Crippen LogP contribution in [-0.2, 0) is 6.54 Å². The van der Waals surface area contributed by atoms with Crippen LogP contribution in [0, 0.1) is 17.7 Å². The van der Waals surface area contributed by atoms with Crippen LogP contribution in [0.15, 0.2) is 29.1 Å². The van der Waals surface area contributed by atoms with Gasteiger partial charge in [-0.2, -0.15) is 4.98 Å². The highest BCUT2D eigenvalue weighted by Gasteiger charge is 2.12. The number of carbonyl (C=O) groups is 1. The average Bonchev–Trinajstić information content (AvgIpc) is 3.00. The van der Waals surface area contributed by atoms with E-state index in [4.69, 9.17) is 5.11 Å². The summed E-state index contributed by atoms with van der Waals surface area (Å²) in [6.45, 7) is -0.0110. The van der Waals surface area contributed by atoms with Crippen LogP contribution in [0.2, 0.25) is 0 Å². The maximum Gasteiger partial charge on any atom is 0.253 e. The SMILES string of the molecule is O=C(NCc1ncon1)c1cc(F)ccc1C#CCCO. The number of nitrogens with zero attached hydrogens (tertiary/aromatic N) is 2. The van der Waals surface area contributed by atoms with E-state index < -0.39 is 11.7 Å². The first kappa shape index (κ1) is 14.7. The van der Waals surface area contributed by atoms with Crippen LogP contribution in [0.1, 0.15) is 28.2 Å². The molecule has 0 aliphatic carbocycles. The molecule has 0 bridgehead atoms. The normalized spacial score (nSPS) is 9.81. The zero-order chi connectivity index (χ0) is 15.1. The maximum absolute atomic E-state index is 13.3. The summed E-state index contributed by atoms with van der Waals surface area (Å²) in [5.41, 5.74) is 0.499. The molecule has 0 saturated carbocycles. The lowest BCUT2D eigenvalue weighted by Crippen LogP contribution is -2.24. The predicted molar refractivity (Wildman–Crippen MR) is 70.4 cm³/mol. The number of aliphatic hydroxyl groups excluding tert-OH is 1. The molecule has 0 aliphatic rings. The van der Waals surface area contributed by atoms with Crippen molar-refractivity contribution in [3.63, 3.8) is 0 Å². The highest BCUT2D eigenvalue weighted by molar-refractivity contribution is 5.96. The van der Waals surface area contributed by atoms with Crippen LogP contribution >= 0.6 is 0 Å². The van der Waals surface area contributed by atoms with Crippen LogP contribution in [-0.4, -0.2) is 27.8 Å². The van der Waals surface area contributed by atoms with Gasteiger partial charge in [0.25, 0.3) is 5.91 Å². The van der Waals surface area contributed by atoms with Gasteiger partial charge >= 0.3 is 0 Å². The highest BCUT2D eigenvalue weighted by atomic mass is 19.1. The van der Waals surface area contributed by atoms with Gasteiger partial charge in [-0.05, 0) is 18.2 Å². The van der Waals surface area contributed by atoms with Gasteiger partial charge in [0.05, 0.1) is 18.7 Å². The van der Waals surface area contributed by atoms with Crippen LogP contribution in [0.25, 0.3) is 0 Å². The number of aromatic nitrogens is 2. The van der Waals surface area contributed by atoms with Gasteiger partial charge in [-0.15, -0.1) is 0 Å². The monoisotopic (exact) mass is 289 g/mol. The molecule has 1 aromatic carbocycles. The summed E-state index contributed by atoms with van der Waals surface area (Å²) in [4.78, 5) is 15.8. The molecule has 0 unspecified atom stereocenters. The predicted octanol–water partition coefficient (Wildman–Crippen LogP) is 0.873. The first-order valence-electron chi connectivity index (χ1n) is 6.13. The van der Waals surface area contributed by atoms with E-state index >= 15 is 0 Å². The van der Waals surface area contributed by atoms with E-state index in [-0.39, 0.29) is 25.1 Å². The minimum atomic E-state index is -0.535. The van der Waals surface area contributed by atoms with Crippen molar-refractivity contribution in [2.24, 2.45) is 0 Å². The Morgan fingerprint density at radius 2 is 2.33 bits per heavy atom. The molecule has 1 aromatic heterocycles. The number of carbonyl (C=O) groups excluding carboxylic acids is 1. The third-order valence-electron chi connectivity index (χ3n) is 2.50. The summed E-state index contributed by atoms with van der Waals surface area (Å²) in [7, 11) is 0. The van der Waals surface area contributed by atoms with Crippen LogP contribution in [0.5, 0.6) is 0 Å². The summed E-state index contributed by atoms with van der Waals surface area (Å²) in [6, 6.07) is 3.75. The maximum atomic E-state index is 13.3. The minimum absolute atomic E-state index is 0.0648. The van der Waals surface area contributed by atoms with Gasteiger partial charge < -0.3 is 14.9 Å². The molecule has 0 saturated heterocycles. The van der Waals surface area contributed by atoms with Crippen molar-refractivity contribution in [1.29, 1.82) is 0 Å². The Balaban J connectivity index is 2.15. The van der Waals surface area contributed by atoms with Gasteiger partial charge in [-0.25, -0.2) is 4.39 Å². The Hall–Kier alpha value is -2.72. The van der Waals surface area contributed by atoms with Crippen molar-refractivity contribution < 1.29 is 18.8 Å². The summed E-state index contributed by atoms with van der Waals surface area (Å²) in [5.74, 6) is 4.71. The molecule has 0 aliphatic heterocycles. The lowest BCUT2D eigenvalue weighted by Gasteiger charge is -2.05. The third-order valence-corrected chi connectivity index (χ3v) is 2.50. The Morgan fingerprint density at radius 1 is 1.48 bits per heavy atom. The summed E-state index contributed by atoms with van der Waals surface area (Å²) >= 11 is 0. The molecule has 108 valence electrons. The molecule has 2 aromatic rings. The Labute approximate surface area is 120 Å². The second-order valence-electron chi connectivity index (χ2n) is 4.00. The molecule has 2 N–H and O–H groups in total. The van der Waals surface area contributed by atoms with E-state index in [9.17, 15) is 9.18 Å². The van der Waals surface area contributed by atoms with Crippen LogP contribution in [0.4, 0.5) is 4.39 Å². The molecule has 6 nitrogen and oxygen atoms in total. The number of aliphatic hydroxyl groups is 1. The van der Waals surface area contributed by atoms with Crippen molar-refractivity contribution in [1.82, 2.24) is 15.5 Å². The van der Waals surface area contributed by atoms with Crippen LogP contribution < -0.4 is 5.32 Å². The molecule has 2 rings (SSSR count). The smallest absolute Gasteiger partial charge is 0.253 e. The Kier molecular flexibility index (Phi) is 5.01. The fourth-order valence-electron chi connectivity index (χ4n) is 1.55. The zero-order valence-electron chi connectivity index (χ0n) is 11.0. The first-order valence-corrected chi connectivity index (χ1v) is 6.13. The summed E-state index contributed by atoms with van der Waals surface area (Å²) in [5, 5.41) is 14.8. The van der Waals surface area contributed by atoms with E-state index in [1.54, 1.807) is 0 Å². The second kappa shape index (κ2) is 7.17. The first-order chi connectivity index (χ1) is 10.2. The standard InChI is InChI=1S/C14H12FN3O3/c15-11-5-4-10(3-1-2-6-19)12(7-11)14(20)16-8-13-17-9-21-18-13/h4-5,7,9,19H,2,6,8H2,(H,16,20). The zero-order valence-corrected chi connectivity index (χ0v) is 11.0. The molecule has 1 heterocycles. The second-order valence-corrected chi connectivity index (χ2v) is 4.00. The van der Waals surface area contributed by atoms with Gasteiger partial charge in [0.15, 0.2) is 5.82 Å². The van der Waals surface area contributed by atoms with E-state index in [0.29, 0.717) is 11.4 Å². The van der Waals surface area contributed by atoms with Crippen molar-refractivity contribution in [3.05, 3.63) is 47.4 Å². The molecule has 1 amide bonds. The molecule has 21 heavy (non-hydrogen) atoms. The van der Waals surface area contributed by atoms with E-state index in [1.807, 2.05) is 0 Å². The van der Waals surface area contributed by atoms with Gasteiger partial charge in [0.1, 0.15) is 5.82 Å². The minimum Gasteiger partial charge on any atom is -0.395 e. The topological polar surface area (TPSA) is 88.3 Å². The third kappa shape index (κ3) is 4.12. The summed E-state index contributed by atoms with van der Waals surface area (Å²) in [6.07, 6.45) is 1.43. The van der Waals surface area contributed by atoms with Crippen LogP contribution in [0.3, 0.4) is 0 Å². The fourth-order valence-corrected chi connectivity index (χ4v) is 1.55. The largest absolute Gasteiger partial charge is 0.395 e. The summed E-state index contributed by atoms with van der Waals surface area (Å²) < 4.78 is 17.8. The molecule has 0 spiro atoms. The number of rotatable bonds is 4. The number of amides is 1. The molecule has 0 radical (unpaired) electrons. The fraction of sp³-hybridized carbons (Fsp3) is 0.214. The molecule has 7 heteroatoms. The van der Waals surface area contributed by atoms with E-state index in [0.717, 1.165) is 12.5 Å². The van der Waals surface area contributed by atoms with Crippen molar-refractivity contribution in [2.45, 2.75) is 13.0 Å².